The number of halogens is 2. The van der Waals surface area contributed by atoms with Crippen LogP contribution in [-0.2, 0) is 0 Å². The van der Waals surface area contributed by atoms with Gasteiger partial charge in [-0.15, -0.1) is 0 Å². The Morgan fingerprint density at radius 2 is 1.94 bits per heavy atom. The number of hydrogen-bond donors (Lipinski definition) is 1. The van der Waals surface area contributed by atoms with Gasteiger partial charge in [-0.2, -0.15) is 0 Å². The SMILES string of the molecule is NC(CC1CCCC1)c1ccc(Cl)cc1Cl. The van der Waals surface area contributed by atoms with Gasteiger partial charge in [-0.1, -0.05) is 55.0 Å². The van der Waals surface area contributed by atoms with Crippen molar-refractivity contribution in [3.8, 4) is 0 Å². The zero-order valence-corrected chi connectivity index (χ0v) is 10.8. The van der Waals surface area contributed by atoms with Crippen LogP contribution in [0.2, 0.25) is 10.0 Å². The van der Waals surface area contributed by atoms with Gasteiger partial charge in [0.1, 0.15) is 0 Å². The van der Waals surface area contributed by atoms with Gasteiger partial charge in [-0.05, 0) is 30.0 Å². The maximum Gasteiger partial charge on any atom is 0.0468 e. The fourth-order valence-electron chi connectivity index (χ4n) is 2.53. The Bertz CT molecular complexity index is 359. The smallest absolute Gasteiger partial charge is 0.0468 e. The minimum atomic E-state index is 0.0490. The first-order valence-corrected chi connectivity index (χ1v) is 6.63. The van der Waals surface area contributed by atoms with Gasteiger partial charge in [-0.25, -0.2) is 0 Å². The molecule has 2 rings (SSSR count). The van der Waals surface area contributed by atoms with Gasteiger partial charge in [0.05, 0.1) is 0 Å². The third kappa shape index (κ3) is 2.91. The largest absolute Gasteiger partial charge is 0.324 e. The van der Waals surface area contributed by atoms with Crippen LogP contribution in [0.4, 0.5) is 0 Å². The number of hydrogen-bond acceptors (Lipinski definition) is 1. The van der Waals surface area contributed by atoms with Crippen molar-refractivity contribution >= 4 is 23.2 Å². The van der Waals surface area contributed by atoms with Crippen molar-refractivity contribution in [2.45, 2.75) is 38.1 Å². The van der Waals surface area contributed by atoms with Crippen LogP contribution in [0, 0.1) is 5.92 Å². The number of rotatable bonds is 3. The van der Waals surface area contributed by atoms with Gasteiger partial charge < -0.3 is 5.73 Å². The molecule has 0 bridgehead atoms. The van der Waals surface area contributed by atoms with Crippen molar-refractivity contribution in [2.75, 3.05) is 0 Å². The summed E-state index contributed by atoms with van der Waals surface area (Å²) in [4.78, 5) is 0. The fraction of sp³-hybridized carbons (Fsp3) is 0.538. The standard InChI is InChI=1S/C13H17Cl2N/c14-10-5-6-11(12(15)8-10)13(16)7-9-3-1-2-4-9/h5-6,8-9,13H,1-4,7,16H2. The van der Waals surface area contributed by atoms with E-state index in [2.05, 4.69) is 0 Å². The molecule has 1 nitrogen and oxygen atoms in total. The molecule has 3 heteroatoms. The zero-order valence-electron chi connectivity index (χ0n) is 9.26. The van der Waals surface area contributed by atoms with Crippen molar-refractivity contribution in [1.29, 1.82) is 0 Å². The van der Waals surface area contributed by atoms with Crippen LogP contribution in [0.5, 0.6) is 0 Å². The summed E-state index contributed by atoms with van der Waals surface area (Å²) in [6, 6.07) is 5.63. The van der Waals surface area contributed by atoms with E-state index in [1.807, 2.05) is 12.1 Å². The molecule has 0 amide bonds. The van der Waals surface area contributed by atoms with Gasteiger partial charge in [0.2, 0.25) is 0 Å². The lowest BCUT2D eigenvalue weighted by atomic mass is 9.94. The fourth-order valence-corrected chi connectivity index (χ4v) is 3.08. The predicted octanol–water partition coefficient (Wildman–Crippen LogP) is 4.57. The average molecular weight is 258 g/mol. The first-order chi connectivity index (χ1) is 7.66. The minimum absolute atomic E-state index is 0.0490. The maximum atomic E-state index is 6.20. The van der Waals surface area contributed by atoms with E-state index < -0.39 is 0 Å². The molecule has 1 aromatic carbocycles. The first kappa shape index (κ1) is 12.2. The highest BCUT2D eigenvalue weighted by atomic mass is 35.5. The maximum absolute atomic E-state index is 6.20. The van der Waals surface area contributed by atoms with Crippen molar-refractivity contribution < 1.29 is 0 Å². The zero-order chi connectivity index (χ0) is 11.5. The van der Waals surface area contributed by atoms with Crippen molar-refractivity contribution in [1.82, 2.24) is 0 Å². The third-order valence-corrected chi connectivity index (χ3v) is 3.99. The third-order valence-electron chi connectivity index (χ3n) is 3.42. The van der Waals surface area contributed by atoms with Crippen LogP contribution >= 0.6 is 23.2 Å². The van der Waals surface area contributed by atoms with Crippen LogP contribution < -0.4 is 5.73 Å². The summed E-state index contributed by atoms with van der Waals surface area (Å²) in [6.45, 7) is 0. The molecule has 0 aliphatic heterocycles. The summed E-state index contributed by atoms with van der Waals surface area (Å²) >= 11 is 12.0. The Kier molecular flexibility index (Phi) is 4.12. The molecule has 0 spiro atoms. The van der Waals surface area contributed by atoms with Crippen molar-refractivity contribution in [3.63, 3.8) is 0 Å². The summed E-state index contributed by atoms with van der Waals surface area (Å²) in [5.74, 6) is 0.779. The molecule has 1 aliphatic rings. The summed E-state index contributed by atoms with van der Waals surface area (Å²) in [6.07, 6.45) is 6.39. The van der Waals surface area contributed by atoms with Gasteiger partial charge in [0.25, 0.3) is 0 Å². The highest BCUT2D eigenvalue weighted by molar-refractivity contribution is 6.35. The van der Waals surface area contributed by atoms with Gasteiger partial charge in [-0.3, -0.25) is 0 Å². The van der Waals surface area contributed by atoms with Crippen LogP contribution in [-0.4, -0.2) is 0 Å². The van der Waals surface area contributed by atoms with E-state index >= 15 is 0 Å². The number of nitrogens with two attached hydrogens (primary N) is 1. The van der Waals surface area contributed by atoms with E-state index in [1.54, 1.807) is 6.07 Å². The van der Waals surface area contributed by atoms with Crippen LogP contribution in [0.3, 0.4) is 0 Å². The van der Waals surface area contributed by atoms with E-state index in [0.717, 1.165) is 17.9 Å². The molecule has 1 fully saturated rings. The highest BCUT2D eigenvalue weighted by Crippen LogP contribution is 2.34. The molecular weight excluding hydrogens is 241 g/mol. The molecule has 0 aromatic heterocycles. The summed E-state index contributed by atoms with van der Waals surface area (Å²) < 4.78 is 0. The lowest BCUT2D eigenvalue weighted by molar-refractivity contribution is 0.451. The minimum Gasteiger partial charge on any atom is -0.324 e. The molecule has 1 unspecified atom stereocenters. The molecule has 1 saturated carbocycles. The molecule has 0 radical (unpaired) electrons. The molecule has 88 valence electrons. The molecule has 1 aliphatic carbocycles. The average Bonchev–Trinajstić information content (AvgIpc) is 2.70. The van der Waals surface area contributed by atoms with Gasteiger partial charge in [0, 0.05) is 16.1 Å². The Morgan fingerprint density at radius 1 is 1.25 bits per heavy atom. The summed E-state index contributed by atoms with van der Waals surface area (Å²) in [5.41, 5.74) is 7.22. The Morgan fingerprint density at radius 3 is 2.56 bits per heavy atom. The van der Waals surface area contributed by atoms with Gasteiger partial charge >= 0.3 is 0 Å². The molecule has 16 heavy (non-hydrogen) atoms. The van der Waals surface area contributed by atoms with Crippen LogP contribution in [0.1, 0.15) is 43.7 Å². The van der Waals surface area contributed by atoms with Gasteiger partial charge in [0.15, 0.2) is 0 Å². The predicted molar refractivity (Wildman–Crippen MR) is 70.0 cm³/mol. The molecule has 1 atom stereocenters. The highest BCUT2D eigenvalue weighted by Gasteiger charge is 2.20. The van der Waals surface area contributed by atoms with E-state index in [4.69, 9.17) is 28.9 Å². The summed E-state index contributed by atoms with van der Waals surface area (Å²) in [5, 5.41) is 1.36. The Hall–Kier alpha value is -0.240. The molecule has 2 N–H and O–H groups in total. The summed E-state index contributed by atoms with van der Waals surface area (Å²) in [7, 11) is 0. The second kappa shape index (κ2) is 5.39. The monoisotopic (exact) mass is 257 g/mol. The van der Waals surface area contributed by atoms with E-state index in [9.17, 15) is 0 Å². The molecule has 1 aromatic rings. The normalized spacial score (nSPS) is 18.9. The van der Waals surface area contributed by atoms with E-state index in [0.29, 0.717) is 10.0 Å². The molecular formula is C13H17Cl2N. The lowest BCUT2D eigenvalue weighted by Gasteiger charge is -2.17. The quantitative estimate of drug-likeness (QED) is 0.844. The molecule has 0 heterocycles. The second-order valence-corrected chi connectivity index (χ2v) is 5.50. The van der Waals surface area contributed by atoms with Crippen molar-refractivity contribution in [3.05, 3.63) is 33.8 Å². The lowest BCUT2D eigenvalue weighted by Crippen LogP contribution is -2.14. The first-order valence-electron chi connectivity index (χ1n) is 5.87. The Balaban J connectivity index is 2.04. The molecule has 0 saturated heterocycles. The number of benzene rings is 1. The Labute approximate surface area is 107 Å². The topological polar surface area (TPSA) is 26.0 Å². The van der Waals surface area contributed by atoms with Crippen LogP contribution in [0.25, 0.3) is 0 Å². The van der Waals surface area contributed by atoms with Crippen LogP contribution in [0.15, 0.2) is 18.2 Å². The van der Waals surface area contributed by atoms with E-state index in [-0.39, 0.29) is 6.04 Å². The second-order valence-electron chi connectivity index (χ2n) is 4.66. The van der Waals surface area contributed by atoms with Crippen molar-refractivity contribution in [2.24, 2.45) is 11.7 Å². The van der Waals surface area contributed by atoms with E-state index in [1.165, 1.54) is 25.7 Å².